The molecule has 1 aromatic rings. The number of ether oxygens (including phenoxy) is 2. The van der Waals surface area contributed by atoms with Crippen molar-refractivity contribution in [2.24, 2.45) is 0 Å². The average Bonchev–Trinajstić information content (AvgIpc) is 2.33. The molecule has 1 fully saturated rings. The van der Waals surface area contributed by atoms with Gasteiger partial charge in [0.2, 0.25) is 0 Å². The van der Waals surface area contributed by atoms with Crippen molar-refractivity contribution < 1.29 is 14.3 Å². The van der Waals surface area contributed by atoms with Crippen molar-refractivity contribution in [2.75, 3.05) is 13.7 Å². The van der Waals surface area contributed by atoms with Crippen molar-refractivity contribution in [1.29, 1.82) is 0 Å². The third-order valence-corrected chi connectivity index (χ3v) is 3.90. The monoisotopic (exact) mass is 238 g/mol. The zero-order valence-electron chi connectivity index (χ0n) is 9.30. The predicted molar refractivity (Wildman–Crippen MR) is 63.7 cm³/mol. The van der Waals surface area contributed by atoms with E-state index in [-0.39, 0.29) is 16.5 Å². The molecule has 2 unspecified atom stereocenters. The summed E-state index contributed by atoms with van der Waals surface area (Å²) in [6.45, 7) is 2.34. The molecule has 1 heterocycles. The molecule has 0 aromatic heterocycles. The molecule has 0 aliphatic carbocycles. The van der Waals surface area contributed by atoms with Crippen LogP contribution < -0.4 is 4.74 Å². The summed E-state index contributed by atoms with van der Waals surface area (Å²) < 4.78 is 10.2. The van der Waals surface area contributed by atoms with Crippen LogP contribution in [0.4, 0.5) is 0 Å². The Balaban J connectivity index is 2.09. The minimum atomic E-state index is -0.116. The standard InChI is InChI=1S/C12H14O3S/c1-8-12(13)15-7-11(16-8)9-3-5-10(14-2)6-4-9/h3-6,8,11H,7H2,1-2H3. The molecule has 0 amide bonds. The van der Waals surface area contributed by atoms with Crippen LogP contribution in [0.25, 0.3) is 0 Å². The highest BCUT2D eigenvalue weighted by atomic mass is 32.2. The molecule has 0 spiro atoms. The maximum atomic E-state index is 11.2. The van der Waals surface area contributed by atoms with Gasteiger partial charge in [-0.25, -0.2) is 0 Å². The third-order valence-electron chi connectivity index (χ3n) is 2.56. The Morgan fingerprint density at radius 3 is 2.62 bits per heavy atom. The van der Waals surface area contributed by atoms with Crippen LogP contribution in [0.5, 0.6) is 5.75 Å². The van der Waals surface area contributed by atoms with Crippen LogP contribution in [-0.4, -0.2) is 24.9 Å². The second-order valence-corrected chi connectivity index (χ2v) is 5.22. The maximum Gasteiger partial charge on any atom is 0.318 e. The van der Waals surface area contributed by atoms with Crippen LogP contribution in [0.15, 0.2) is 24.3 Å². The summed E-state index contributed by atoms with van der Waals surface area (Å²) in [4.78, 5) is 11.2. The Labute approximate surface area is 99.1 Å². The fourth-order valence-corrected chi connectivity index (χ4v) is 2.74. The van der Waals surface area contributed by atoms with Crippen LogP contribution in [0.2, 0.25) is 0 Å². The minimum absolute atomic E-state index is 0.0825. The lowest BCUT2D eigenvalue weighted by Crippen LogP contribution is -2.26. The van der Waals surface area contributed by atoms with E-state index in [2.05, 4.69) is 0 Å². The molecule has 0 N–H and O–H groups in total. The van der Waals surface area contributed by atoms with Gasteiger partial charge in [-0.15, -0.1) is 11.8 Å². The summed E-state index contributed by atoms with van der Waals surface area (Å²) in [5, 5.41) is 0.152. The highest BCUT2D eigenvalue weighted by molar-refractivity contribution is 8.00. The third kappa shape index (κ3) is 2.32. The van der Waals surface area contributed by atoms with Crippen LogP contribution in [0.3, 0.4) is 0 Å². The lowest BCUT2D eigenvalue weighted by atomic mass is 10.1. The summed E-state index contributed by atoms with van der Waals surface area (Å²) in [5.74, 6) is 0.726. The molecule has 1 aliphatic heterocycles. The molecular formula is C12H14O3S. The first-order valence-electron chi connectivity index (χ1n) is 5.17. The first-order chi connectivity index (χ1) is 7.70. The summed E-state index contributed by atoms with van der Waals surface area (Å²) in [7, 11) is 1.65. The van der Waals surface area contributed by atoms with Gasteiger partial charge in [-0.1, -0.05) is 12.1 Å². The number of cyclic esters (lactones) is 1. The average molecular weight is 238 g/mol. The second kappa shape index (κ2) is 4.78. The molecule has 4 heteroatoms. The SMILES string of the molecule is COc1ccc(C2COC(=O)C(C)S2)cc1. The van der Waals surface area contributed by atoms with Gasteiger partial charge in [0.05, 0.1) is 12.4 Å². The number of hydrogen-bond acceptors (Lipinski definition) is 4. The number of esters is 1. The molecule has 0 saturated carbocycles. The number of rotatable bonds is 2. The number of carbonyl (C=O) groups excluding carboxylic acids is 1. The summed E-state index contributed by atoms with van der Waals surface area (Å²) in [6.07, 6.45) is 0. The summed E-state index contributed by atoms with van der Waals surface area (Å²) >= 11 is 1.65. The number of methoxy groups -OCH3 is 1. The molecule has 1 aromatic carbocycles. The van der Waals surface area contributed by atoms with Gasteiger partial charge in [-0.3, -0.25) is 4.79 Å². The van der Waals surface area contributed by atoms with Gasteiger partial charge in [-0.2, -0.15) is 0 Å². The maximum absolute atomic E-state index is 11.2. The number of benzene rings is 1. The molecule has 86 valence electrons. The Morgan fingerprint density at radius 2 is 2.06 bits per heavy atom. The molecule has 2 atom stereocenters. The van der Waals surface area contributed by atoms with Crippen LogP contribution in [0, 0.1) is 0 Å². The predicted octanol–water partition coefficient (Wildman–Crippen LogP) is 2.41. The summed E-state index contributed by atoms with van der Waals surface area (Å²) in [6, 6.07) is 7.89. The molecule has 1 saturated heterocycles. The van der Waals surface area contributed by atoms with E-state index in [1.54, 1.807) is 18.9 Å². The van der Waals surface area contributed by atoms with E-state index < -0.39 is 0 Å². The fraction of sp³-hybridized carbons (Fsp3) is 0.417. The van der Waals surface area contributed by atoms with Crippen molar-refractivity contribution in [3.63, 3.8) is 0 Å². The molecule has 0 radical (unpaired) electrons. The molecule has 1 aliphatic rings. The van der Waals surface area contributed by atoms with Crippen LogP contribution in [0.1, 0.15) is 17.7 Å². The van der Waals surface area contributed by atoms with Crippen molar-refractivity contribution in [3.05, 3.63) is 29.8 Å². The van der Waals surface area contributed by atoms with E-state index in [9.17, 15) is 4.79 Å². The van der Waals surface area contributed by atoms with Crippen molar-refractivity contribution in [2.45, 2.75) is 17.4 Å². The molecular weight excluding hydrogens is 224 g/mol. The van der Waals surface area contributed by atoms with E-state index in [1.807, 2.05) is 31.2 Å². The summed E-state index contributed by atoms with van der Waals surface area (Å²) in [5.41, 5.74) is 1.17. The van der Waals surface area contributed by atoms with Gasteiger partial charge in [0.15, 0.2) is 0 Å². The van der Waals surface area contributed by atoms with Gasteiger partial charge in [0, 0.05) is 0 Å². The first kappa shape index (κ1) is 11.3. The topological polar surface area (TPSA) is 35.5 Å². The van der Waals surface area contributed by atoms with Gasteiger partial charge >= 0.3 is 5.97 Å². The zero-order valence-corrected chi connectivity index (χ0v) is 10.1. The van der Waals surface area contributed by atoms with Gasteiger partial charge in [0.25, 0.3) is 0 Å². The van der Waals surface area contributed by atoms with E-state index >= 15 is 0 Å². The molecule has 0 bridgehead atoms. The van der Waals surface area contributed by atoms with E-state index in [1.165, 1.54) is 5.56 Å². The van der Waals surface area contributed by atoms with Crippen molar-refractivity contribution >= 4 is 17.7 Å². The number of thioether (sulfide) groups is 1. The lowest BCUT2D eigenvalue weighted by Gasteiger charge is -2.25. The van der Waals surface area contributed by atoms with Gasteiger partial charge in [-0.05, 0) is 24.6 Å². The largest absolute Gasteiger partial charge is 0.497 e. The Morgan fingerprint density at radius 1 is 1.38 bits per heavy atom. The number of carbonyl (C=O) groups is 1. The highest BCUT2D eigenvalue weighted by Gasteiger charge is 2.28. The Kier molecular flexibility index (Phi) is 3.39. The second-order valence-electron chi connectivity index (χ2n) is 3.67. The van der Waals surface area contributed by atoms with Gasteiger partial charge in [0.1, 0.15) is 17.6 Å². The highest BCUT2D eigenvalue weighted by Crippen LogP contribution is 2.36. The van der Waals surface area contributed by atoms with Crippen LogP contribution >= 0.6 is 11.8 Å². The minimum Gasteiger partial charge on any atom is -0.497 e. The number of hydrogen-bond donors (Lipinski definition) is 0. The molecule has 3 nitrogen and oxygen atoms in total. The normalized spacial score (nSPS) is 25.0. The first-order valence-corrected chi connectivity index (χ1v) is 6.11. The van der Waals surface area contributed by atoms with Crippen molar-refractivity contribution in [3.8, 4) is 5.75 Å². The van der Waals surface area contributed by atoms with Crippen LogP contribution in [-0.2, 0) is 9.53 Å². The molecule has 2 rings (SSSR count). The zero-order chi connectivity index (χ0) is 11.5. The Bertz CT molecular complexity index is 374. The molecule has 16 heavy (non-hydrogen) atoms. The van der Waals surface area contributed by atoms with E-state index in [0.29, 0.717) is 6.61 Å². The van der Waals surface area contributed by atoms with Crippen molar-refractivity contribution in [1.82, 2.24) is 0 Å². The van der Waals surface area contributed by atoms with E-state index in [0.717, 1.165) is 5.75 Å². The fourth-order valence-electron chi connectivity index (χ4n) is 1.61. The van der Waals surface area contributed by atoms with E-state index in [4.69, 9.17) is 9.47 Å². The quantitative estimate of drug-likeness (QED) is 0.741. The Hall–Kier alpha value is -1.16. The smallest absolute Gasteiger partial charge is 0.318 e. The van der Waals surface area contributed by atoms with Gasteiger partial charge < -0.3 is 9.47 Å². The lowest BCUT2D eigenvalue weighted by molar-refractivity contribution is -0.143.